The van der Waals surface area contributed by atoms with Gasteiger partial charge in [-0.3, -0.25) is 4.79 Å². The number of halogens is 1. The predicted molar refractivity (Wildman–Crippen MR) is 84.3 cm³/mol. The van der Waals surface area contributed by atoms with Crippen LogP contribution in [0, 0.1) is 0 Å². The number of carbonyl (C=O) groups is 1. The van der Waals surface area contributed by atoms with E-state index in [2.05, 4.69) is 4.90 Å². The number of hydrogen-bond acceptors (Lipinski definition) is 3. The average molecular weight is 307 g/mol. The lowest BCUT2D eigenvalue weighted by molar-refractivity contribution is 0.0911. The largest absolute Gasteiger partial charge is 0.485 e. The number of ether oxygens (including phenoxy) is 1. The maximum absolute atomic E-state index is 12.2. The highest BCUT2D eigenvalue weighted by molar-refractivity contribution is 6.30. The fourth-order valence-electron chi connectivity index (χ4n) is 1.92. The topological polar surface area (TPSA) is 34.5 Å². The number of nitrogens with zero attached hydrogens (tertiary/aromatic N) is 2. The van der Waals surface area contributed by atoms with Gasteiger partial charge in [0.15, 0.2) is 6.61 Å². The molecular weight excluding hydrogens is 288 g/mol. The first kappa shape index (κ1) is 15.6. The monoisotopic (exact) mass is 306 g/mol. The van der Waals surface area contributed by atoms with Crippen LogP contribution in [0.25, 0.3) is 0 Å². The lowest BCUT2D eigenvalue weighted by Crippen LogP contribution is -2.22. The smallest absolute Gasteiger partial charge is 0.216 e. The van der Waals surface area contributed by atoms with Gasteiger partial charge in [-0.05, 0) is 50.5 Å². The van der Waals surface area contributed by atoms with E-state index >= 15 is 0 Å². The Bertz CT molecular complexity index is 591. The van der Waals surface area contributed by atoms with Crippen LogP contribution in [-0.2, 0) is 6.54 Å². The van der Waals surface area contributed by atoms with Crippen molar-refractivity contribution in [2.45, 2.75) is 6.54 Å². The molecule has 0 aliphatic rings. The molecule has 112 valence electrons. The summed E-state index contributed by atoms with van der Waals surface area (Å²) in [4.78, 5) is 14.3. The zero-order valence-electron chi connectivity index (χ0n) is 12.3. The van der Waals surface area contributed by atoms with Crippen molar-refractivity contribution < 1.29 is 9.53 Å². The molecule has 0 bridgehead atoms. The van der Waals surface area contributed by atoms with Gasteiger partial charge in [0.25, 0.3) is 0 Å². The minimum Gasteiger partial charge on any atom is -0.485 e. The fourth-order valence-corrected chi connectivity index (χ4v) is 2.05. The Kier molecular flexibility index (Phi) is 5.42. The Morgan fingerprint density at radius 2 is 1.95 bits per heavy atom. The van der Waals surface area contributed by atoms with Gasteiger partial charge in [0.05, 0.1) is 5.69 Å². The second-order valence-electron chi connectivity index (χ2n) is 5.06. The van der Waals surface area contributed by atoms with Gasteiger partial charge in [0.2, 0.25) is 5.78 Å². The van der Waals surface area contributed by atoms with E-state index in [0.717, 1.165) is 13.1 Å². The van der Waals surface area contributed by atoms with Crippen LogP contribution in [0.5, 0.6) is 5.75 Å². The Hall–Kier alpha value is -1.78. The van der Waals surface area contributed by atoms with Gasteiger partial charge in [0, 0.05) is 24.3 Å². The van der Waals surface area contributed by atoms with Crippen molar-refractivity contribution in [1.29, 1.82) is 0 Å². The molecule has 0 unspecified atom stereocenters. The number of Topliss-reactive ketones (excluding diaryl/α,β-unsaturated/α-hetero) is 1. The van der Waals surface area contributed by atoms with E-state index in [1.165, 1.54) is 0 Å². The third-order valence-corrected chi connectivity index (χ3v) is 3.34. The zero-order valence-corrected chi connectivity index (χ0v) is 13.0. The van der Waals surface area contributed by atoms with Crippen LogP contribution in [0.2, 0.25) is 5.02 Å². The quantitative estimate of drug-likeness (QED) is 0.738. The van der Waals surface area contributed by atoms with E-state index in [4.69, 9.17) is 16.3 Å². The maximum atomic E-state index is 12.2. The molecule has 4 nitrogen and oxygen atoms in total. The molecule has 0 atom stereocenters. The van der Waals surface area contributed by atoms with E-state index < -0.39 is 0 Å². The molecule has 0 amide bonds. The summed E-state index contributed by atoms with van der Waals surface area (Å²) in [6.07, 6.45) is 1.92. The molecule has 0 aliphatic heterocycles. The molecule has 0 spiro atoms. The summed E-state index contributed by atoms with van der Waals surface area (Å²) in [7, 11) is 4.02. The van der Waals surface area contributed by atoms with Gasteiger partial charge < -0.3 is 14.2 Å². The Morgan fingerprint density at radius 1 is 1.24 bits per heavy atom. The zero-order chi connectivity index (χ0) is 15.2. The SMILES string of the molecule is CN(C)CCn1cccc1C(=O)COc1ccc(Cl)cc1. The second-order valence-corrected chi connectivity index (χ2v) is 5.49. The maximum Gasteiger partial charge on any atom is 0.216 e. The third-order valence-electron chi connectivity index (χ3n) is 3.09. The molecular formula is C16H19ClN2O2. The van der Waals surface area contributed by atoms with Gasteiger partial charge in [-0.1, -0.05) is 11.6 Å². The van der Waals surface area contributed by atoms with Crippen molar-refractivity contribution in [1.82, 2.24) is 9.47 Å². The molecule has 0 saturated carbocycles. The number of benzene rings is 1. The lowest BCUT2D eigenvalue weighted by Gasteiger charge is -2.13. The highest BCUT2D eigenvalue weighted by atomic mass is 35.5. The summed E-state index contributed by atoms with van der Waals surface area (Å²) in [5.41, 5.74) is 0.672. The molecule has 21 heavy (non-hydrogen) atoms. The minimum atomic E-state index is -0.0336. The molecule has 0 saturated heterocycles. The minimum absolute atomic E-state index is 0.0214. The molecule has 2 rings (SSSR count). The number of likely N-dealkylation sites (N-methyl/N-ethyl adjacent to an activating group) is 1. The summed E-state index contributed by atoms with van der Waals surface area (Å²) >= 11 is 5.81. The van der Waals surface area contributed by atoms with E-state index in [9.17, 15) is 4.79 Å². The standard InChI is InChI=1S/C16H19ClN2O2/c1-18(2)10-11-19-9-3-4-15(19)16(20)12-21-14-7-5-13(17)6-8-14/h3-9H,10-12H2,1-2H3. The van der Waals surface area contributed by atoms with Gasteiger partial charge in [-0.2, -0.15) is 0 Å². The fraction of sp³-hybridized carbons (Fsp3) is 0.312. The summed E-state index contributed by atoms with van der Waals surface area (Å²) in [6, 6.07) is 10.7. The van der Waals surface area contributed by atoms with Crippen molar-refractivity contribution in [2.75, 3.05) is 27.2 Å². The highest BCUT2D eigenvalue weighted by Crippen LogP contribution is 2.16. The number of rotatable bonds is 7. The van der Waals surface area contributed by atoms with E-state index in [-0.39, 0.29) is 12.4 Å². The van der Waals surface area contributed by atoms with Crippen LogP contribution in [-0.4, -0.2) is 42.5 Å². The van der Waals surface area contributed by atoms with Gasteiger partial charge >= 0.3 is 0 Å². The number of ketones is 1. The lowest BCUT2D eigenvalue weighted by atomic mass is 10.3. The third kappa shape index (κ3) is 4.62. The van der Waals surface area contributed by atoms with Gasteiger partial charge in [-0.15, -0.1) is 0 Å². The van der Waals surface area contributed by atoms with Crippen molar-refractivity contribution >= 4 is 17.4 Å². The number of aromatic nitrogens is 1. The van der Waals surface area contributed by atoms with Gasteiger partial charge in [-0.25, -0.2) is 0 Å². The molecule has 2 aromatic rings. The van der Waals surface area contributed by atoms with Gasteiger partial charge in [0.1, 0.15) is 5.75 Å². The number of hydrogen-bond donors (Lipinski definition) is 0. The average Bonchev–Trinajstić information content (AvgIpc) is 2.92. The molecule has 0 fully saturated rings. The Morgan fingerprint density at radius 3 is 2.62 bits per heavy atom. The van der Waals surface area contributed by atoms with Crippen LogP contribution >= 0.6 is 11.6 Å². The normalized spacial score (nSPS) is 10.9. The Labute approximate surface area is 129 Å². The molecule has 1 aromatic carbocycles. The molecule has 1 heterocycles. The van der Waals surface area contributed by atoms with Crippen LogP contribution in [0.1, 0.15) is 10.5 Å². The van der Waals surface area contributed by atoms with Crippen molar-refractivity contribution in [2.24, 2.45) is 0 Å². The van der Waals surface area contributed by atoms with Crippen molar-refractivity contribution in [3.8, 4) is 5.75 Å². The second kappa shape index (κ2) is 7.29. The van der Waals surface area contributed by atoms with Crippen LogP contribution in [0.15, 0.2) is 42.6 Å². The summed E-state index contributed by atoms with van der Waals surface area (Å²) in [5.74, 6) is 0.604. The summed E-state index contributed by atoms with van der Waals surface area (Å²) in [5, 5.41) is 0.645. The van der Waals surface area contributed by atoms with Crippen molar-refractivity contribution in [3.63, 3.8) is 0 Å². The summed E-state index contributed by atoms with van der Waals surface area (Å²) in [6.45, 7) is 1.68. The van der Waals surface area contributed by atoms with Crippen LogP contribution < -0.4 is 4.74 Å². The molecule has 1 aromatic heterocycles. The van der Waals surface area contributed by atoms with Crippen molar-refractivity contribution in [3.05, 3.63) is 53.3 Å². The van der Waals surface area contributed by atoms with Crippen LogP contribution in [0.3, 0.4) is 0 Å². The van der Waals surface area contributed by atoms with Crippen LogP contribution in [0.4, 0.5) is 0 Å². The predicted octanol–water partition coefficient (Wildman–Crippen LogP) is 2.96. The molecule has 0 N–H and O–H groups in total. The first-order valence-corrected chi connectivity index (χ1v) is 7.15. The Balaban J connectivity index is 1.94. The molecule has 0 aliphatic carbocycles. The highest BCUT2D eigenvalue weighted by Gasteiger charge is 2.11. The van der Waals surface area contributed by atoms with E-state index in [1.807, 2.05) is 37.0 Å². The summed E-state index contributed by atoms with van der Waals surface area (Å²) < 4.78 is 7.45. The van der Waals surface area contributed by atoms with E-state index in [1.54, 1.807) is 24.3 Å². The number of carbonyl (C=O) groups excluding carboxylic acids is 1. The van der Waals surface area contributed by atoms with E-state index in [0.29, 0.717) is 16.5 Å². The first-order valence-electron chi connectivity index (χ1n) is 6.77. The molecule has 5 heteroatoms. The first-order chi connectivity index (χ1) is 10.1. The molecule has 0 radical (unpaired) electrons.